The molecule has 1 N–H and O–H groups in total. The molecular weight excluding hydrogens is 324 g/mol. The van der Waals surface area contributed by atoms with Gasteiger partial charge in [0.2, 0.25) is 5.91 Å². The second kappa shape index (κ2) is 8.80. The Morgan fingerprint density at radius 1 is 1.36 bits per heavy atom. The summed E-state index contributed by atoms with van der Waals surface area (Å²) in [4.78, 5) is 14.5. The van der Waals surface area contributed by atoms with Crippen LogP contribution in [0.4, 0.5) is 0 Å². The minimum atomic E-state index is -0.384. The monoisotopic (exact) mass is 352 g/mol. The van der Waals surface area contributed by atoms with Crippen molar-refractivity contribution in [2.75, 3.05) is 40.0 Å². The molecule has 1 aromatic rings. The number of ether oxygens (including phenoxy) is 3. The zero-order valence-electron chi connectivity index (χ0n) is 14.9. The third kappa shape index (κ3) is 5.28. The molecule has 3 rings (SSSR count). The fourth-order valence-corrected chi connectivity index (χ4v) is 3.52. The summed E-state index contributed by atoms with van der Waals surface area (Å²) in [5.41, 5.74) is 0. The molecule has 2 fully saturated rings. The van der Waals surface area contributed by atoms with Crippen molar-refractivity contribution in [3.63, 3.8) is 0 Å². The van der Waals surface area contributed by atoms with Crippen LogP contribution in [-0.4, -0.2) is 62.7 Å². The summed E-state index contributed by atoms with van der Waals surface area (Å²) in [6.07, 6.45) is 5.12. The van der Waals surface area contributed by atoms with Gasteiger partial charge in [-0.05, 0) is 25.0 Å². The summed E-state index contributed by atoms with van der Waals surface area (Å²) in [7, 11) is 1.66. The molecule has 0 bridgehead atoms. The first-order valence-electron chi connectivity index (χ1n) is 9.00. The highest BCUT2D eigenvalue weighted by Crippen LogP contribution is 2.35. The lowest BCUT2D eigenvalue weighted by molar-refractivity contribution is -0.180. The fraction of sp³-hybridized carbons (Fsp3) is 0.722. The van der Waals surface area contributed by atoms with E-state index in [0.29, 0.717) is 39.5 Å². The van der Waals surface area contributed by atoms with Crippen LogP contribution in [0.3, 0.4) is 0 Å². The first-order valence-corrected chi connectivity index (χ1v) is 9.00. The molecule has 25 heavy (non-hydrogen) atoms. The van der Waals surface area contributed by atoms with E-state index in [4.69, 9.17) is 18.6 Å². The predicted molar refractivity (Wildman–Crippen MR) is 90.9 cm³/mol. The molecule has 7 heteroatoms. The Morgan fingerprint density at radius 2 is 2.12 bits per heavy atom. The van der Waals surface area contributed by atoms with Crippen molar-refractivity contribution in [3.8, 4) is 0 Å². The Kier molecular flexibility index (Phi) is 6.47. The molecule has 0 aromatic carbocycles. The average Bonchev–Trinajstić information content (AvgIpc) is 3.27. The Hall–Kier alpha value is -1.41. The maximum Gasteiger partial charge on any atom is 0.234 e. The lowest BCUT2D eigenvalue weighted by Crippen LogP contribution is -2.47. The molecule has 1 aromatic heterocycles. The second-order valence-corrected chi connectivity index (χ2v) is 6.73. The molecule has 0 radical (unpaired) electrons. The number of hydrogen-bond donors (Lipinski definition) is 1. The maximum absolute atomic E-state index is 12.4. The zero-order chi connectivity index (χ0) is 17.5. The quantitative estimate of drug-likeness (QED) is 0.765. The number of rotatable bonds is 8. The largest absolute Gasteiger partial charge is 0.468 e. The number of methoxy groups -OCH3 is 1. The van der Waals surface area contributed by atoms with E-state index in [9.17, 15) is 4.79 Å². The standard InChI is InChI=1S/C18H28N2O5/c1-22-10-8-20(13-16-3-2-9-23-16)14-17(21)19-15-4-6-18(7-5-15)24-11-12-25-18/h2-3,9,15H,4-8,10-14H2,1H3,(H,19,21). The van der Waals surface area contributed by atoms with Crippen LogP contribution in [0.2, 0.25) is 0 Å². The van der Waals surface area contributed by atoms with Gasteiger partial charge >= 0.3 is 0 Å². The van der Waals surface area contributed by atoms with Crippen molar-refractivity contribution in [2.45, 2.75) is 44.1 Å². The summed E-state index contributed by atoms with van der Waals surface area (Å²) < 4.78 is 22.0. The molecule has 140 valence electrons. The third-order valence-electron chi connectivity index (χ3n) is 4.86. The first kappa shape index (κ1) is 18.4. The molecule has 2 heterocycles. The van der Waals surface area contributed by atoms with Crippen LogP contribution in [0, 0.1) is 0 Å². The van der Waals surface area contributed by atoms with Gasteiger partial charge in [-0.15, -0.1) is 0 Å². The third-order valence-corrected chi connectivity index (χ3v) is 4.86. The van der Waals surface area contributed by atoms with Crippen LogP contribution < -0.4 is 5.32 Å². The van der Waals surface area contributed by atoms with E-state index >= 15 is 0 Å². The fourth-order valence-electron chi connectivity index (χ4n) is 3.52. The van der Waals surface area contributed by atoms with E-state index in [1.54, 1.807) is 13.4 Å². The molecular formula is C18H28N2O5. The Balaban J connectivity index is 1.44. The smallest absolute Gasteiger partial charge is 0.234 e. The predicted octanol–water partition coefficient (Wildman–Crippen LogP) is 1.53. The normalized spacial score (nSPS) is 20.4. The van der Waals surface area contributed by atoms with Crippen molar-refractivity contribution < 1.29 is 23.4 Å². The van der Waals surface area contributed by atoms with Gasteiger partial charge in [-0.25, -0.2) is 0 Å². The van der Waals surface area contributed by atoms with Crippen LogP contribution in [-0.2, 0) is 25.5 Å². The highest BCUT2D eigenvalue weighted by molar-refractivity contribution is 5.78. The van der Waals surface area contributed by atoms with Crippen LogP contribution in [0.5, 0.6) is 0 Å². The highest BCUT2D eigenvalue weighted by atomic mass is 16.7. The van der Waals surface area contributed by atoms with Gasteiger partial charge in [0.05, 0.1) is 39.2 Å². The summed E-state index contributed by atoms with van der Waals surface area (Å²) in [5.74, 6) is 0.501. The van der Waals surface area contributed by atoms with Gasteiger partial charge in [-0.1, -0.05) is 0 Å². The molecule has 2 aliphatic rings. The SMILES string of the molecule is COCCN(CC(=O)NC1CCC2(CC1)OCCO2)Cc1ccco1. The Labute approximate surface area is 148 Å². The van der Waals surface area contributed by atoms with Crippen molar-refractivity contribution in [2.24, 2.45) is 0 Å². The van der Waals surface area contributed by atoms with Crippen LogP contribution in [0.25, 0.3) is 0 Å². The first-order chi connectivity index (χ1) is 12.2. The number of amides is 1. The van der Waals surface area contributed by atoms with E-state index in [-0.39, 0.29) is 17.7 Å². The maximum atomic E-state index is 12.4. The van der Waals surface area contributed by atoms with E-state index in [2.05, 4.69) is 5.32 Å². The number of nitrogens with one attached hydrogen (secondary N) is 1. The summed E-state index contributed by atoms with van der Waals surface area (Å²) in [6.45, 7) is 3.54. The average molecular weight is 352 g/mol. The molecule has 0 unspecified atom stereocenters. The minimum Gasteiger partial charge on any atom is -0.468 e. The van der Waals surface area contributed by atoms with Gasteiger partial charge in [-0.3, -0.25) is 9.69 Å². The topological polar surface area (TPSA) is 73.2 Å². The van der Waals surface area contributed by atoms with E-state index in [1.165, 1.54) is 0 Å². The van der Waals surface area contributed by atoms with Gasteiger partial charge < -0.3 is 23.9 Å². The van der Waals surface area contributed by atoms with Gasteiger partial charge in [0, 0.05) is 32.5 Å². The number of carbonyl (C=O) groups is 1. The molecule has 1 saturated heterocycles. The van der Waals surface area contributed by atoms with Crippen molar-refractivity contribution >= 4 is 5.91 Å². The summed E-state index contributed by atoms with van der Waals surface area (Å²) in [6, 6.07) is 3.97. The van der Waals surface area contributed by atoms with Crippen LogP contribution >= 0.6 is 0 Å². The van der Waals surface area contributed by atoms with Gasteiger partial charge in [0.1, 0.15) is 5.76 Å². The molecule has 1 saturated carbocycles. The summed E-state index contributed by atoms with van der Waals surface area (Å²) >= 11 is 0. The van der Waals surface area contributed by atoms with E-state index in [0.717, 1.165) is 31.4 Å². The highest BCUT2D eigenvalue weighted by Gasteiger charge is 2.40. The van der Waals surface area contributed by atoms with Crippen LogP contribution in [0.15, 0.2) is 22.8 Å². The van der Waals surface area contributed by atoms with Crippen molar-refractivity contribution in [1.82, 2.24) is 10.2 Å². The number of furan rings is 1. The Morgan fingerprint density at radius 3 is 2.76 bits per heavy atom. The molecule has 1 aliphatic heterocycles. The minimum absolute atomic E-state index is 0.0388. The van der Waals surface area contributed by atoms with E-state index in [1.807, 2.05) is 17.0 Å². The number of nitrogens with zero attached hydrogens (tertiary/aromatic N) is 1. The number of carbonyl (C=O) groups excluding carboxylic acids is 1. The second-order valence-electron chi connectivity index (χ2n) is 6.73. The molecule has 1 spiro atoms. The zero-order valence-corrected chi connectivity index (χ0v) is 14.9. The molecule has 1 amide bonds. The van der Waals surface area contributed by atoms with Crippen LogP contribution in [0.1, 0.15) is 31.4 Å². The Bertz CT molecular complexity index is 518. The van der Waals surface area contributed by atoms with Crippen molar-refractivity contribution in [3.05, 3.63) is 24.2 Å². The molecule has 7 nitrogen and oxygen atoms in total. The van der Waals surface area contributed by atoms with Gasteiger partial charge in [-0.2, -0.15) is 0 Å². The lowest BCUT2D eigenvalue weighted by atomic mass is 9.90. The van der Waals surface area contributed by atoms with Gasteiger partial charge in [0.25, 0.3) is 0 Å². The van der Waals surface area contributed by atoms with Crippen molar-refractivity contribution in [1.29, 1.82) is 0 Å². The number of hydrogen-bond acceptors (Lipinski definition) is 6. The molecule has 1 aliphatic carbocycles. The lowest BCUT2D eigenvalue weighted by Gasteiger charge is -2.35. The summed E-state index contributed by atoms with van der Waals surface area (Å²) in [5, 5.41) is 3.15. The molecule has 0 atom stereocenters. The van der Waals surface area contributed by atoms with E-state index < -0.39 is 0 Å². The van der Waals surface area contributed by atoms with Gasteiger partial charge in [0.15, 0.2) is 5.79 Å².